The van der Waals surface area contributed by atoms with E-state index < -0.39 is 18.0 Å². The van der Waals surface area contributed by atoms with E-state index >= 15 is 0 Å². The Morgan fingerprint density at radius 1 is 1.31 bits per heavy atom. The van der Waals surface area contributed by atoms with Gasteiger partial charge in [0.15, 0.2) is 0 Å². The predicted octanol–water partition coefficient (Wildman–Crippen LogP) is -0.121. The molecule has 3 atom stereocenters. The Balaban J connectivity index is 2.07. The lowest BCUT2D eigenvalue weighted by Gasteiger charge is -2.19. The van der Waals surface area contributed by atoms with E-state index in [-0.39, 0.29) is 30.6 Å². The third-order valence-corrected chi connectivity index (χ3v) is 5.64. The smallest absolute Gasteiger partial charge is 0.242 e. The molecule has 2 unspecified atom stereocenters. The van der Waals surface area contributed by atoms with E-state index in [2.05, 4.69) is 32.2 Å². The van der Waals surface area contributed by atoms with E-state index in [4.69, 9.17) is 12.2 Å². The minimum atomic E-state index is -0.874. The Kier molecular flexibility index (Phi) is 10.7. The number of terminal acetylenes is 1. The number of hydrogen-bond donors (Lipinski definition) is 4. The quantitative estimate of drug-likeness (QED) is 0.476. The first-order chi connectivity index (χ1) is 15.4. The minimum Gasteiger partial charge on any atom is -0.359 e. The van der Waals surface area contributed by atoms with E-state index in [0.29, 0.717) is 18.8 Å². The maximum atomic E-state index is 12.8. The zero-order valence-corrected chi connectivity index (χ0v) is 18.8. The van der Waals surface area contributed by atoms with Gasteiger partial charge < -0.3 is 21.7 Å². The zero-order chi connectivity index (χ0) is 23.3. The summed E-state index contributed by atoms with van der Waals surface area (Å²) in [7, 11) is 1.67. The predicted molar refractivity (Wildman–Crippen MR) is 120 cm³/mol. The first-order valence-corrected chi connectivity index (χ1v) is 11.3. The highest BCUT2D eigenvalue weighted by molar-refractivity contribution is 5.90. The van der Waals surface area contributed by atoms with Crippen molar-refractivity contribution in [1.82, 2.24) is 30.9 Å². The molecule has 1 aromatic rings. The van der Waals surface area contributed by atoms with Gasteiger partial charge in [-0.15, -0.1) is 17.4 Å². The van der Waals surface area contributed by atoms with Gasteiger partial charge in [0.25, 0.3) is 0 Å². The maximum absolute atomic E-state index is 12.8. The van der Waals surface area contributed by atoms with Crippen LogP contribution in [0.2, 0.25) is 0 Å². The molecule has 0 aromatic carbocycles. The lowest BCUT2D eigenvalue weighted by molar-refractivity contribution is -0.129. The molecule has 10 nitrogen and oxygen atoms in total. The molecule has 32 heavy (non-hydrogen) atoms. The second kappa shape index (κ2) is 13.5. The third-order valence-electron chi connectivity index (χ3n) is 5.64. The molecule has 2 rings (SSSR count). The fraction of sp³-hybridized carbons (Fsp3) is 0.682. The Labute approximate surface area is 189 Å². The second-order valence-corrected chi connectivity index (χ2v) is 8.20. The van der Waals surface area contributed by atoms with Crippen LogP contribution in [0, 0.1) is 18.3 Å². The molecule has 2 bridgehead atoms. The normalized spacial score (nSPS) is 22.0. The number of aryl methyl sites for hydroxylation is 1. The maximum Gasteiger partial charge on any atom is 0.242 e. The van der Waals surface area contributed by atoms with E-state index in [1.807, 2.05) is 0 Å². The molecule has 5 N–H and O–H groups in total. The topological polar surface area (TPSA) is 144 Å². The van der Waals surface area contributed by atoms with Crippen molar-refractivity contribution in [3.05, 3.63) is 11.9 Å². The first kappa shape index (κ1) is 25.3. The standard InChI is InChI=1S/C22H35N7O3/c1-3-9-18(23)21(31)26-19-14-17-15-29(28-27-17)13-8-6-11-16(20(30)24-2)10-5-4-7-12-25-22(19)32/h1,15-16,18-19H,4-14,23H2,2H3,(H,24,30)(H,25,32)(H,26,31)/t16?,18-,19?/m0/s1. The van der Waals surface area contributed by atoms with Gasteiger partial charge in [0.05, 0.1) is 11.7 Å². The van der Waals surface area contributed by atoms with Gasteiger partial charge >= 0.3 is 0 Å². The Morgan fingerprint density at radius 3 is 2.78 bits per heavy atom. The van der Waals surface area contributed by atoms with E-state index in [9.17, 15) is 14.4 Å². The number of carbonyl (C=O) groups is 3. The van der Waals surface area contributed by atoms with Crippen molar-refractivity contribution in [3.63, 3.8) is 0 Å². The number of nitrogens with zero attached hydrogens (tertiary/aromatic N) is 3. The summed E-state index contributed by atoms with van der Waals surface area (Å²) in [6.07, 6.45) is 13.4. The molecule has 0 radical (unpaired) electrons. The number of fused-ring (bicyclic) bond motifs is 2. The second-order valence-electron chi connectivity index (χ2n) is 8.20. The molecule has 0 saturated carbocycles. The zero-order valence-electron chi connectivity index (χ0n) is 18.8. The van der Waals surface area contributed by atoms with E-state index in [0.717, 1.165) is 44.9 Å². The molecule has 1 aromatic heterocycles. The number of nitrogens with two attached hydrogens (primary N) is 1. The molecule has 3 amide bonds. The summed E-state index contributed by atoms with van der Waals surface area (Å²) in [5.41, 5.74) is 6.39. The molecule has 0 aliphatic carbocycles. The summed E-state index contributed by atoms with van der Waals surface area (Å²) < 4.78 is 1.73. The van der Waals surface area contributed by atoms with E-state index in [1.54, 1.807) is 17.9 Å². The first-order valence-electron chi connectivity index (χ1n) is 11.3. The van der Waals surface area contributed by atoms with E-state index in [1.165, 1.54) is 0 Å². The fourth-order valence-electron chi connectivity index (χ4n) is 3.76. The van der Waals surface area contributed by atoms with Gasteiger partial charge in [0, 0.05) is 45.1 Å². The summed E-state index contributed by atoms with van der Waals surface area (Å²) in [6.45, 7) is 1.16. The van der Waals surface area contributed by atoms with Gasteiger partial charge in [-0.25, -0.2) is 0 Å². The van der Waals surface area contributed by atoms with Crippen LogP contribution in [0.1, 0.15) is 57.1 Å². The van der Waals surface area contributed by atoms with Crippen LogP contribution in [0.4, 0.5) is 0 Å². The summed E-state index contributed by atoms with van der Waals surface area (Å²) in [6, 6.07) is -1.69. The van der Waals surface area contributed by atoms with Crippen molar-refractivity contribution < 1.29 is 14.4 Å². The van der Waals surface area contributed by atoms with Gasteiger partial charge in [-0.05, 0) is 25.7 Å². The van der Waals surface area contributed by atoms with Crippen molar-refractivity contribution in [1.29, 1.82) is 0 Å². The average Bonchev–Trinajstić information content (AvgIpc) is 3.23. The summed E-state index contributed by atoms with van der Waals surface area (Å²) >= 11 is 0. The van der Waals surface area contributed by atoms with Crippen LogP contribution in [0.15, 0.2) is 6.20 Å². The highest BCUT2D eigenvalue weighted by Gasteiger charge is 2.25. The minimum absolute atomic E-state index is 0.00314. The van der Waals surface area contributed by atoms with Crippen molar-refractivity contribution in [2.24, 2.45) is 11.7 Å². The van der Waals surface area contributed by atoms with Gasteiger partial charge in [0.2, 0.25) is 17.7 Å². The summed E-state index contributed by atoms with van der Waals surface area (Å²) in [5.74, 6) is 1.68. The molecule has 176 valence electrons. The van der Waals surface area contributed by atoms with Crippen molar-refractivity contribution in [2.75, 3.05) is 13.6 Å². The summed E-state index contributed by atoms with van der Waals surface area (Å²) in [4.78, 5) is 37.3. The highest BCUT2D eigenvalue weighted by atomic mass is 16.2. The lowest BCUT2D eigenvalue weighted by atomic mass is 9.94. The number of rotatable bonds is 4. The lowest BCUT2D eigenvalue weighted by Crippen LogP contribution is -2.52. The van der Waals surface area contributed by atoms with Crippen LogP contribution in [0.3, 0.4) is 0 Å². The molecule has 10 heteroatoms. The van der Waals surface area contributed by atoms with Crippen LogP contribution >= 0.6 is 0 Å². The molecule has 1 aliphatic rings. The number of carbonyl (C=O) groups excluding carboxylic acids is 3. The molecule has 2 heterocycles. The van der Waals surface area contributed by atoms with Crippen LogP contribution in [0.5, 0.6) is 0 Å². The molecular weight excluding hydrogens is 410 g/mol. The number of amides is 3. The van der Waals surface area contributed by atoms with Gasteiger partial charge in [-0.1, -0.05) is 24.5 Å². The molecule has 1 aliphatic heterocycles. The Hall–Kier alpha value is -2.93. The van der Waals surface area contributed by atoms with Crippen molar-refractivity contribution in [3.8, 4) is 12.3 Å². The molecule has 0 saturated heterocycles. The Morgan fingerprint density at radius 2 is 2.06 bits per heavy atom. The van der Waals surface area contributed by atoms with Crippen LogP contribution in [0.25, 0.3) is 0 Å². The van der Waals surface area contributed by atoms with Crippen LogP contribution in [-0.2, 0) is 27.3 Å². The fourth-order valence-corrected chi connectivity index (χ4v) is 3.76. The molecular formula is C22H35N7O3. The molecule has 0 spiro atoms. The largest absolute Gasteiger partial charge is 0.359 e. The van der Waals surface area contributed by atoms with Crippen molar-refractivity contribution >= 4 is 17.7 Å². The van der Waals surface area contributed by atoms with Crippen LogP contribution < -0.4 is 21.7 Å². The average molecular weight is 446 g/mol. The monoisotopic (exact) mass is 445 g/mol. The number of aromatic nitrogens is 3. The van der Waals surface area contributed by atoms with Gasteiger partial charge in [-0.3, -0.25) is 19.1 Å². The highest BCUT2D eigenvalue weighted by Crippen LogP contribution is 2.17. The van der Waals surface area contributed by atoms with Gasteiger partial charge in [0.1, 0.15) is 6.04 Å². The van der Waals surface area contributed by atoms with Gasteiger partial charge in [-0.2, -0.15) is 0 Å². The number of nitrogens with one attached hydrogen (secondary N) is 3. The summed E-state index contributed by atoms with van der Waals surface area (Å²) in [5, 5.41) is 16.6. The third kappa shape index (κ3) is 8.30. The number of hydrogen-bond acceptors (Lipinski definition) is 6. The Bertz CT molecular complexity index is 802. The van der Waals surface area contributed by atoms with Crippen molar-refractivity contribution in [2.45, 2.75) is 76.4 Å². The molecule has 0 fully saturated rings. The van der Waals surface area contributed by atoms with Crippen LogP contribution in [-0.4, -0.2) is 58.4 Å². The SMILES string of the molecule is C#CC[C@H](N)C(=O)NC1Cc2cn(nn2)CCCCC(C(=O)NC)CCCCCNC1=O.